The summed E-state index contributed by atoms with van der Waals surface area (Å²) in [4.78, 5) is 0. The first kappa shape index (κ1) is 28.0. The SMILES string of the molecule is C/C=C\c1ccccc1C.Cc1ccc(-c2ccc(-c3cc4ccn(Cc5ccccc5)c4c4ccccc34)cc2)cc1. The Morgan fingerprint density at radius 2 is 1.19 bits per heavy atom. The van der Waals surface area contributed by atoms with Crippen molar-refractivity contribution in [2.75, 3.05) is 0 Å². The average Bonchev–Trinajstić information content (AvgIpc) is 3.46. The Bertz CT molecular complexity index is 1990. The Hall–Kier alpha value is -5.14. The molecule has 0 amide bonds. The zero-order valence-electron chi connectivity index (χ0n) is 25.2. The van der Waals surface area contributed by atoms with Crippen molar-refractivity contribution in [3.05, 3.63) is 174 Å². The molecule has 0 saturated carbocycles. The van der Waals surface area contributed by atoms with Crippen LogP contribution in [-0.4, -0.2) is 4.57 Å². The van der Waals surface area contributed by atoms with E-state index in [9.17, 15) is 0 Å². The summed E-state index contributed by atoms with van der Waals surface area (Å²) in [6, 6.07) is 50.1. The number of fused-ring (bicyclic) bond motifs is 3. The van der Waals surface area contributed by atoms with Crippen LogP contribution in [0.25, 0.3) is 50.0 Å². The fourth-order valence-electron chi connectivity index (χ4n) is 5.77. The minimum atomic E-state index is 0.874. The molecule has 0 bridgehead atoms. The lowest BCUT2D eigenvalue weighted by Gasteiger charge is -2.13. The van der Waals surface area contributed by atoms with Crippen molar-refractivity contribution >= 4 is 27.8 Å². The molecule has 210 valence electrons. The minimum Gasteiger partial charge on any atom is -0.343 e. The molecule has 7 aromatic rings. The molecule has 0 N–H and O–H groups in total. The summed E-state index contributed by atoms with van der Waals surface area (Å²) in [6.07, 6.45) is 6.39. The van der Waals surface area contributed by atoms with Crippen LogP contribution in [-0.2, 0) is 6.54 Å². The molecule has 0 aliphatic carbocycles. The van der Waals surface area contributed by atoms with Gasteiger partial charge in [-0.25, -0.2) is 0 Å². The predicted octanol–water partition coefficient (Wildman–Crippen LogP) is 11.5. The molecular formula is C42H37N. The Labute approximate surface area is 255 Å². The highest BCUT2D eigenvalue weighted by Gasteiger charge is 2.12. The second-order valence-corrected chi connectivity index (χ2v) is 11.1. The van der Waals surface area contributed by atoms with E-state index in [4.69, 9.17) is 0 Å². The van der Waals surface area contributed by atoms with Crippen molar-refractivity contribution in [2.45, 2.75) is 27.3 Å². The molecule has 0 atom stereocenters. The van der Waals surface area contributed by atoms with Crippen LogP contribution < -0.4 is 0 Å². The topological polar surface area (TPSA) is 4.93 Å². The first-order valence-electron chi connectivity index (χ1n) is 15.0. The number of hydrogen-bond acceptors (Lipinski definition) is 0. The fraction of sp³-hybridized carbons (Fsp3) is 0.0952. The van der Waals surface area contributed by atoms with E-state index in [1.807, 2.05) is 6.92 Å². The van der Waals surface area contributed by atoms with Gasteiger partial charge in [0.1, 0.15) is 0 Å². The Morgan fingerprint density at radius 3 is 1.88 bits per heavy atom. The van der Waals surface area contributed by atoms with Crippen LogP contribution in [0.4, 0.5) is 0 Å². The van der Waals surface area contributed by atoms with Gasteiger partial charge in [0, 0.05) is 23.5 Å². The van der Waals surface area contributed by atoms with E-state index in [0.717, 1.165) is 6.54 Å². The van der Waals surface area contributed by atoms with Crippen molar-refractivity contribution in [1.82, 2.24) is 4.57 Å². The second-order valence-electron chi connectivity index (χ2n) is 11.1. The first-order valence-corrected chi connectivity index (χ1v) is 15.0. The van der Waals surface area contributed by atoms with Gasteiger partial charge < -0.3 is 4.57 Å². The van der Waals surface area contributed by atoms with Gasteiger partial charge in [-0.15, -0.1) is 0 Å². The van der Waals surface area contributed by atoms with Crippen LogP contribution in [0.15, 0.2) is 152 Å². The van der Waals surface area contributed by atoms with Crippen molar-refractivity contribution in [3.63, 3.8) is 0 Å². The zero-order chi connectivity index (χ0) is 29.6. The van der Waals surface area contributed by atoms with Crippen LogP contribution in [0, 0.1) is 13.8 Å². The number of allylic oxidation sites excluding steroid dienone is 1. The number of aromatic nitrogens is 1. The van der Waals surface area contributed by atoms with Gasteiger partial charge in [-0.1, -0.05) is 145 Å². The van der Waals surface area contributed by atoms with Crippen molar-refractivity contribution < 1.29 is 0 Å². The van der Waals surface area contributed by atoms with Crippen molar-refractivity contribution in [3.8, 4) is 22.3 Å². The highest BCUT2D eigenvalue weighted by Crippen LogP contribution is 2.36. The van der Waals surface area contributed by atoms with E-state index in [0.29, 0.717) is 0 Å². The third-order valence-corrected chi connectivity index (χ3v) is 8.08. The van der Waals surface area contributed by atoms with Gasteiger partial charge in [-0.2, -0.15) is 0 Å². The highest BCUT2D eigenvalue weighted by atomic mass is 15.0. The molecule has 0 fully saturated rings. The maximum absolute atomic E-state index is 2.37. The van der Waals surface area contributed by atoms with E-state index in [1.54, 1.807) is 0 Å². The Kier molecular flexibility index (Phi) is 8.33. The molecule has 0 aliphatic heterocycles. The summed E-state index contributed by atoms with van der Waals surface area (Å²) in [5, 5.41) is 3.87. The van der Waals surface area contributed by atoms with Crippen LogP contribution in [0.1, 0.15) is 29.2 Å². The summed E-state index contributed by atoms with van der Waals surface area (Å²) in [5.74, 6) is 0. The predicted molar refractivity (Wildman–Crippen MR) is 186 cm³/mol. The molecule has 6 aromatic carbocycles. The Morgan fingerprint density at radius 1 is 0.581 bits per heavy atom. The Balaban J connectivity index is 0.000000281. The molecule has 7 rings (SSSR count). The molecule has 1 aromatic heterocycles. The summed E-state index contributed by atoms with van der Waals surface area (Å²) in [7, 11) is 0. The quantitative estimate of drug-likeness (QED) is 0.199. The molecule has 0 unspecified atom stereocenters. The molecule has 43 heavy (non-hydrogen) atoms. The maximum atomic E-state index is 2.37. The summed E-state index contributed by atoms with van der Waals surface area (Å²) >= 11 is 0. The maximum Gasteiger partial charge on any atom is 0.0563 e. The lowest BCUT2D eigenvalue weighted by Crippen LogP contribution is -1.98. The van der Waals surface area contributed by atoms with E-state index in [1.165, 1.54) is 66.2 Å². The van der Waals surface area contributed by atoms with Gasteiger partial charge >= 0.3 is 0 Å². The van der Waals surface area contributed by atoms with Gasteiger partial charge in [-0.3, -0.25) is 0 Å². The third-order valence-electron chi connectivity index (χ3n) is 8.08. The van der Waals surface area contributed by atoms with Crippen LogP contribution >= 0.6 is 0 Å². The summed E-state index contributed by atoms with van der Waals surface area (Å²) in [5.41, 5.74) is 11.6. The van der Waals surface area contributed by atoms with Crippen LogP contribution in [0.2, 0.25) is 0 Å². The molecular weight excluding hydrogens is 518 g/mol. The van der Waals surface area contributed by atoms with Gasteiger partial charge in [0.2, 0.25) is 0 Å². The summed E-state index contributed by atoms with van der Waals surface area (Å²) < 4.78 is 2.37. The molecule has 1 heteroatoms. The van der Waals surface area contributed by atoms with Gasteiger partial charge in [0.15, 0.2) is 0 Å². The van der Waals surface area contributed by atoms with E-state index < -0.39 is 0 Å². The zero-order valence-corrected chi connectivity index (χ0v) is 25.2. The lowest BCUT2D eigenvalue weighted by molar-refractivity contribution is 0.839. The molecule has 0 spiro atoms. The van der Waals surface area contributed by atoms with Gasteiger partial charge in [-0.05, 0) is 77.2 Å². The summed E-state index contributed by atoms with van der Waals surface area (Å²) in [6.45, 7) is 7.15. The molecule has 0 radical (unpaired) electrons. The first-order chi connectivity index (χ1) is 21.1. The van der Waals surface area contributed by atoms with Crippen molar-refractivity contribution in [1.29, 1.82) is 0 Å². The molecule has 0 aliphatic rings. The smallest absolute Gasteiger partial charge is 0.0563 e. The number of benzene rings is 6. The van der Waals surface area contributed by atoms with E-state index in [-0.39, 0.29) is 0 Å². The van der Waals surface area contributed by atoms with E-state index in [2.05, 4.69) is 176 Å². The molecule has 0 saturated heterocycles. The molecule has 1 heterocycles. The second kappa shape index (κ2) is 12.8. The van der Waals surface area contributed by atoms with Crippen LogP contribution in [0.3, 0.4) is 0 Å². The number of rotatable bonds is 5. The number of aryl methyl sites for hydroxylation is 2. The van der Waals surface area contributed by atoms with E-state index >= 15 is 0 Å². The van der Waals surface area contributed by atoms with Crippen LogP contribution in [0.5, 0.6) is 0 Å². The monoisotopic (exact) mass is 555 g/mol. The lowest BCUT2D eigenvalue weighted by atomic mass is 9.94. The number of hydrogen-bond donors (Lipinski definition) is 0. The third kappa shape index (κ3) is 6.22. The van der Waals surface area contributed by atoms with Crippen molar-refractivity contribution in [2.24, 2.45) is 0 Å². The average molecular weight is 556 g/mol. The fourth-order valence-corrected chi connectivity index (χ4v) is 5.77. The largest absolute Gasteiger partial charge is 0.343 e. The standard InChI is InChI=1S/C32H25N.C10H12/c1-23-11-13-25(14-12-23)26-15-17-27(18-16-26)31-21-28-19-20-33(22-24-7-3-2-4-8-24)32(28)30-10-6-5-9-29(30)31;1-3-6-10-8-5-4-7-9(10)2/h2-21H,22H2,1H3;3-8H,1-2H3/b;6-3-. The van der Waals surface area contributed by atoms with Gasteiger partial charge in [0.25, 0.3) is 0 Å². The number of nitrogens with zero attached hydrogens (tertiary/aromatic N) is 1. The molecule has 1 nitrogen and oxygen atoms in total. The normalized spacial score (nSPS) is 11.1. The highest BCUT2D eigenvalue weighted by molar-refractivity contribution is 6.12. The van der Waals surface area contributed by atoms with Gasteiger partial charge in [0.05, 0.1) is 5.52 Å². The minimum absolute atomic E-state index is 0.874.